The van der Waals surface area contributed by atoms with Crippen molar-refractivity contribution in [3.8, 4) is 0 Å². The van der Waals surface area contributed by atoms with Gasteiger partial charge in [0.25, 0.3) is 0 Å². The number of esters is 3. The molecule has 0 spiro atoms. The van der Waals surface area contributed by atoms with Gasteiger partial charge in [0.2, 0.25) is 0 Å². The average Bonchev–Trinajstić information content (AvgIpc) is 3.49. The quantitative estimate of drug-likeness (QED) is 0.0261. The first-order chi connectivity index (χ1) is 41.0. The minimum Gasteiger partial charge on any atom is -0.462 e. The maximum Gasteiger partial charge on any atom is 0.306 e. The molecule has 1 atom stereocenters. The first-order valence-corrected chi connectivity index (χ1v) is 36.4. The van der Waals surface area contributed by atoms with E-state index in [4.69, 9.17) is 14.2 Å². The lowest BCUT2D eigenvalue weighted by atomic mass is 10.0. The summed E-state index contributed by atoms with van der Waals surface area (Å²) in [5.74, 6) is -0.894. The van der Waals surface area contributed by atoms with E-state index in [-0.39, 0.29) is 31.1 Å². The van der Waals surface area contributed by atoms with Crippen LogP contribution in [0.25, 0.3) is 0 Å². The van der Waals surface area contributed by atoms with Gasteiger partial charge in [0.15, 0.2) is 6.10 Å². The largest absolute Gasteiger partial charge is 0.462 e. The van der Waals surface area contributed by atoms with Gasteiger partial charge in [0.1, 0.15) is 13.2 Å². The van der Waals surface area contributed by atoms with Gasteiger partial charge in [0, 0.05) is 19.3 Å². The molecular formula is C77H138O6. The van der Waals surface area contributed by atoms with Crippen LogP contribution in [0.4, 0.5) is 0 Å². The number of ether oxygens (including phenoxy) is 3. The van der Waals surface area contributed by atoms with Crippen LogP contribution in [0.1, 0.15) is 380 Å². The van der Waals surface area contributed by atoms with Gasteiger partial charge in [-0.05, 0) is 109 Å². The molecule has 0 heterocycles. The van der Waals surface area contributed by atoms with E-state index in [9.17, 15) is 14.4 Å². The SMILES string of the molecule is CC/C=C\C/C=C\C/C=C\CCCCCC(=O)OCC(COC(=O)CCCCCCCCCCCCCCCCCCCCC/C=C\C/C=C\CCCCCCC)OC(=O)CCCCCCCCCCC/C=C\CCCCCCCCCC. The molecule has 0 aliphatic heterocycles. The number of unbranched alkanes of at least 4 members (excludes halogenated alkanes) is 44. The van der Waals surface area contributed by atoms with Gasteiger partial charge in [-0.25, -0.2) is 0 Å². The minimum absolute atomic E-state index is 0.0821. The normalized spacial score (nSPS) is 12.5. The summed E-state index contributed by atoms with van der Waals surface area (Å²) in [6.45, 7) is 6.54. The Bertz CT molecular complexity index is 1520. The van der Waals surface area contributed by atoms with Crippen LogP contribution in [0, 0.1) is 0 Å². The number of hydrogen-bond acceptors (Lipinski definition) is 6. The molecular weight excluding hydrogens is 1020 g/mol. The highest BCUT2D eigenvalue weighted by atomic mass is 16.6. The Kier molecular flexibility index (Phi) is 68.6. The van der Waals surface area contributed by atoms with E-state index in [2.05, 4.69) is 93.7 Å². The Balaban J connectivity index is 4.20. The fourth-order valence-electron chi connectivity index (χ4n) is 10.7. The van der Waals surface area contributed by atoms with E-state index in [1.807, 2.05) is 0 Å². The lowest BCUT2D eigenvalue weighted by molar-refractivity contribution is -0.167. The lowest BCUT2D eigenvalue weighted by Gasteiger charge is -2.18. The van der Waals surface area contributed by atoms with Gasteiger partial charge in [-0.1, -0.05) is 325 Å². The molecule has 6 nitrogen and oxygen atoms in total. The molecule has 0 aliphatic rings. The Labute approximate surface area is 516 Å². The summed E-state index contributed by atoms with van der Waals surface area (Å²) < 4.78 is 17.0. The van der Waals surface area contributed by atoms with Crippen molar-refractivity contribution in [2.24, 2.45) is 0 Å². The Hall–Kier alpha value is -3.15. The molecule has 0 aromatic carbocycles. The predicted octanol–water partition coefficient (Wildman–Crippen LogP) is 25.2. The third-order valence-electron chi connectivity index (χ3n) is 16.2. The maximum absolute atomic E-state index is 12.9. The lowest BCUT2D eigenvalue weighted by Crippen LogP contribution is -2.30. The predicted molar refractivity (Wildman–Crippen MR) is 362 cm³/mol. The first-order valence-electron chi connectivity index (χ1n) is 36.4. The molecule has 83 heavy (non-hydrogen) atoms. The zero-order chi connectivity index (χ0) is 59.9. The monoisotopic (exact) mass is 1160 g/mol. The van der Waals surface area contributed by atoms with E-state index < -0.39 is 6.10 Å². The fraction of sp³-hybridized carbons (Fsp3) is 0.805. The second-order valence-corrected chi connectivity index (χ2v) is 24.5. The van der Waals surface area contributed by atoms with Crippen molar-refractivity contribution in [2.75, 3.05) is 13.2 Å². The second-order valence-electron chi connectivity index (χ2n) is 24.5. The van der Waals surface area contributed by atoms with Crippen molar-refractivity contribution in [2.45, 2.75) is 386 Å². The Morgan fingerprint density at radius 3 is 0.759 bits per heavy atom. The van der Waals surface area contributed by atoms with Gasteiger partial charge in [-0.2, -0.15) is 0 Å². The van der Waals surface area contributed by atoms with Crippen molar-refractivity contribution in [1.82, 2.24) is 0 Å². The van der Waals surface area contributed by atoms with Gasteiger partial charge in [-0.15, -0.1) is 0 Å². The number of hydrogen-bond donors (Lipinski definition) is 0. The van der Waals surface area contributed by atoms with E-state index in [0.29, 0.717) is 19.3 Å². The number of carbonyl (C=O) groups excluding carboxylic acids is 3. The van der Waals surface area contributed by atoms with Crippen LogP contribution in [0.5, 0.6) is 0 Å². The number of rotatable bonds is 67. The molecule has 6 heteroatoms. The summed E-state index contributed by atoms with van der Waals surface area (Å²) in [5.41, 5.74) is 0. The van der Waals surface area contributed by atoms with Crippen molar-refractivity contribution < 1.29 is 28.6 Å². The number of allylic oxidation sites excluding steroid dienone is 12. The van der Waals surface area contributed by atoms with Crippen LogP contribution >= 0.6 is 0 Å². The minimum atomic E-state index is -0.789. The molecule has 0 aromatic heterocycles. The summed E-state index contributed by atoms with van der Waals surface area (Å²) in [6, 6.07) is 0. The second kappa shape index (κ2) is 71.3. The smallest absolute Gasteiger partial charge is 0.306 e. The zero-order valence-corrected chi connectivity index (χ0v) is 55.5. The maximum atomic E-state index is 12.9. The van der Waals surface area contributed by atoms with E-state index in [1.54, 1.807) is 0 Å². The van der Waals surface area contributed by atoms with E-state index in [1.165, 1.54) is 250 Å². The van der Waals surface area contributed by atoms with E-state index >= 15 is 0 Å². The summed E-state index contributed by atoms with van der Waals surface area (Å²) in [4.78, 5) is 38.4. The topological polar surface area (TPSA) is 78.9 Å². The molecule has 0 bridgehead atoms. The number of carbonyl (C=O) groups is 3. The molecule has 1 unspecified atom stereocenters. The Morgan fingerprint density at radius 2 is 0.470 bits per heavy atom. The zero-order valence-electron chi connectivity index (χ0n) is 55.5. The highest BCUT2D eigenvalue weighted by Crippen LogP contribution is 2.18. The highest BCUT2D eigenvalue weighted by molar-refractivity contribution is 5.71. The van der Waals surface area contributed by atoms with Crippen molar-refractivity contribution in [3.63, 3.8) is 0 Å². The van der Waals surface area contributed by atoms with Crippen molar-refractivity contribution in [3.05, 3.63) is 72.9 Å². The van der Waals surface area contributed by atoms with Crippen LogP contribution in [0.2, 0.25) is 0 Å². The third kappa shape index (κ3) is 69.5. The molecule has 0 saturated heterocycles. The fourth-order valence-corrected chi connectivity index (χ4v) is 10.7. The Morgan fingerprint density at radius 1 is 0.253 bits per heavy atom. The van der Waals surface area contributed by atoms with Crippen LogP contribution in [0.3, 0.4) is 0 Å². The third-order valence-corrected chi connectivity index (χ3v) is 16.2. The van der Waals surface area contributed by atoms with Crippen molar-refractivity contribution >= 4 is 17.9 Å². The van der Waals surface area contributed by atoms with Crippen LogP contribution in [-0.4, -0.2) is 37.2 Å². The van der Waals surface area contributed by atoms with Crippen LogP contribution in [0.15, 0.2) is 72.9 Å². The summed E-state index contributed by atoms with van der Waals surface area (Å²) in [5, 5.41) is 0. The summed E-state index contributed by atoms with van der Waals surface area (Å²) >= 11 is 0. The molecule has 0 aliphatic carbocycles. The molecule has 0 rings (SSSR count). The van der Waals surface area contributed by atoms with E-state index in [0.717, 1.165) is 89.9 Å². The van der Waals surface area contributed by atoms with Gasteiger partial charge in [0.05, 0.1) is 0 Å². The van der Waals surface area contributed by atoms with Gasteiger partial charge >= 0.3 is 17.9 Å². The molecule has 0 N–H and O–H groups in total. The molecule has 0 amide bonds. The molecule has 0 fully saturated rings. The van der Waals surface area contributed by atoms with Crippen LogP contribution < -0.4 is 0 Å². The molecule has 0 aromatic rings. The first kappa shape index (κ1) is 79.8. The van der Waals surface area contributed by atoms with Gasteiger partial charge in [-0.3, -0.25) is 14.4 Å². The molecule has 482 valence electrons. The molecule has 0 radical (unpaired) electrons. The standard InChI is InChI=1S/C77H138O6/c1-4-7-10-13-16-19-22-25-27-29-31-33-34-35-36-37-38-39-40-41-42-44-45-47-49-52-55-58-61-64-67-70-76(79)82-73-74(72-81-75(78)69-66-63-60-57-54-51-24-21-18-15-12-9-6-3)83-77(80)71-68-65-62-59-56-53-50-48-46-43-32-30-28-26-23-20-17-14-11-8-5-2/h9,12,18,21-22,25,29-32,51,54,74H,4-8,10-11,13-17,19-20,23-24,26-28,33-50,52-53,55-73H2,1-3H3/b12-9-,21-18-,25-22-,31-29-,32-30-,54-51-. The highest BCUT2D eigenvalue weighted by Gasteiger charge is 2.19. The van der Waals surface area contributed by atoms with Crippen LogP contribution in [-0.2, 0) is 28.6 Å². The van der Waals surface area contributed by atoms with Crippen molar-refractivity contribution in [1.29, 1.82) is 0 Å². The van der Waals surface area contributed by atoms with Gasteiger partial charge < -0.3 is 14.2 Å². The summed E-state index contributed by atoms with van der Waals surface area (Å²) in [7, 11) is 0. The summed E-state index contributed by atoms with van der Waals surface area (Å²) in [6.07, 6.45) is 93.8. The average molecular weight is 1160 g/mol. The molecule has 0 saturated carbocycles.